The summed E-state index contributed by atoms with van der Waals surface area (Å²) in [6, 6.07) is 3.92. The zero-order valence-electron chi connectivity index (χ0n) is 11.6. The van der Waals surface area contributed by atoms with Gasteiger partial charge in [-0.3, -0.25) is 0 Å². The number of methoxy groups -OCH3 is 1. The Kier molecular flexibility index (Phi) is 4.50. The maximum Gasteiger partial charge on any atom is 0.321 e. The summed E-state index contributed by atoms with van der Waals surface area (Å²) in [4.78, 5) is 13.9. The molecule has 1 atom stereocenters. The van der Waals surface area contributed by atoms with Crippen molar-refractivity contribution in [3.8, 4) is 0 Å². The fourth-order valence-electron chi connectivity index (χ4n) is 2.44. The first-order chi connectivity index (χ1) is 9.43. The molecule has 1 aliphatic rings. The number of hydrogen-bond acceptors (Lipinski definition) is 2. The Morgan fingerprint density at radius 2 is 2.35 bits per heavy atom. The Morgan fingerprint density at radius 1 is 1.60 bits per heavy atom. The normalized spacial score (nSPS) is 22.1. The quantitative estimate of drug-likeness (QED) is 0.930. The lowest BCUT2D eigenvalue weighted by Crippen LogP contribution is -2.35. The van der Waals surface area contributed by atoms with Crippen LogP contribution < -0.4 is 5.32 Å². The molecule has 1 unspecified atom stereocenters. The van der Waals surface area contributed by atoms with Crippen molar-refractivity contribution < 1.29 is 13.9 Å². The molecule has 1 aromatic carbocycles. The lowest BCUT2D eigenvalue weighted by atomic mass is 9.91. The van der Waals surface area contributed by atoms with E-state index < -0.39 is 5.82 Å². The number of urea groups is 1. The number of halogens is 2. The zero-order valence-corrected chi connectivity index (χ0v) is 12.3. The molecule has 1 N–H and O–H groups in total. The highest BCUT2D eigenvalue weighted by Gasteiger charge is 2.36. The first kappa shape index (κ1) is 15.1. The van der Waals surface area contributed by atoms with Crippen LogP contribution in [0.3, 0.4) is 0 Å². The molecule has 110 valence electrons. The highest BCUT2D eigenvalue weighted by atomic mass is 35.5. The first-order valence-electron chi connectivity index (χ1n) is 6.43. The van der Waals surface area contributed by atoms with Gasteiger partial charge in [0.25, 0.3) is 0 Å². The third-order valence-electron chi connectivity index (χ3n) is 3.51. The molecule has 0 radical (unpaired) electrons. The Hall–Kier alpha value is -1.33. The summed E-state index contributed by atoms with van der Waals surface area (Å²) >= 11 is 5.69. The number of carbonyl (C=O) groups is 1. The summed E-state index contributed by atoms with van der Waals surface area (Å²) < 4.78 is 18.2. The molecule has 1 heterocycles. The molecule has 0 bridgehead atoms. The van der Waals surface area contributed by atoms with Gasteiger partial charge in [0, 0.05) is 31.3 Å². The van der Waals surface area contributed by atoms with Gasteiger partial charge in [0.2, 0.25) is 0 Å². The standard InChI is InChI=1S/C14H18ClFN2O2/c1-14(9-20-2)5-6-18(8-14)13(19)17-10-3-4-12(16)11(15)7-10/h3-4,7H,5-6,8-9H2,1-2H3,(H,17,19). The van der Waals surface area contributed by atoms with Crippen LogP contribution in [0.2, 0.25) is 5.02 Å². The molecule has 1 saturated heterocycles. The second-order valence-electron chi connectivity index (χ2n) is 5.47. The van der Waals surface area contributed by atoms with E-state index in [1.54, 1.807) is 12.0 Å². The number of amides is 2. The molecule has 2 rings (SSSR count). The summed E-state index contributed by atoms with van der Waals surface area (Å²) in [5.41, 5.74) is 0.480. The molecule has 1 aliphatic heterocycles. The number of anilines is 1. The van der Waals surface area contributed by atoms with Gasteiger partial charge in [0.05, 0.1) is 11.6 Å². The van der Waals surface area contributed by atoms with E-state index in [0.717, 1.165) is 6.42 Å². The van der Waals surface area contributed by atoms with E-state index in [4.69, 9.17) is 16.3 Å². The van der Waals surface area contributed by atoms with Gasteiger partial charge in [0.1, 0.15) is 5.82 Å². The predicted molar refractivity (Wildman–Crippen MR) is 76.6 cm³/mol. The number of rotatable bonds is 3. The van der Waals surface area contributed by atoms with E-state index in [0.29, 0.717) is 25.4 Å². The summed E-state index contributed by atoms with van der Waals surface area (Å²) in [6.07, 6.45) is 0.901. The number of likely N-dealkylation sites (tertiary alicyclic amines) is 1. The third kappa shape index (κ3) is 3.41. The number of nitrogens with one attached hydrogen (secondary N) is 1. The van der Waals surface area contributed by atoms with Crippen molar-refractivity contribution in [2.24, 2.45) is 5.41 Å². The molecule has 20 heavy (non-hydrogen) atoms. The molecule has 2 amide bonds. The van der Waals surface area contributed by atoms with Gasteiger partial charge in [-0.2, -0.15) is 0 Å². The summed E-state index contributed by atoms with van der Waals surface area (Å²) in [6.45, 7) is 4.04. The zero-order chi connectivity index (χ0) is 14.8. The molecule has 0 aromatic heterocycles. The molecule has 6 heteroatoms. The minimum Gasteiger partial charge on any atom is -0.384 e. The van der Waals surface area contributed by atoms with Crippen LogP contribution >= 0.6 is 11.6 Å². The number of carbonyl (C=O) groups excluding carboxylic acids is 1. The smallest absolute Gasteiger partial charge is 0.321 e. The average molecular weight is 301 g/mol. The highest BCUT2D eigenvalue weighted by Crippen LogP contribution is 2.30. The van der Waals surface area contributed by atoms with Crippen molar-refractivity contribution in [2.45, 2.75) is 13.3 Å². The average Bonchev–Trinajstić information content (AvgIpc) is 2.77. The fraction of sp³-hybridized carbons (Fsp3) is 0.500. The molecular weight excluding hydrogens is 283 g/mol. The van der Waals surface area contributed by atoms with Gasteiger partial charge in [-0.05, 0) is 24.6 Å². The van der Waals surface area contributed by atoms with Crippen molar-refractivity contribution >= 4 is 23.3 Å². The Balaban J connectivity index is 1.97. The molecular formula is C14H18ClFN2O2. The maximum absolute atomic E-state index is 13.1. The van der Waals surface area contributed by atoms with Gasteiger partial charge in [-0.25, -0.2) is 9.18 Å². The number of ether oxygens (including phenoxy) is 1. The minimum absolute atomic E-state index is 0.00607. The second-order valence-corrected chi connectivity index (χ2v) is 5.88. The minimum atomic E-state index is -0.501. The second kappa shape index (κ2) is 5.97. The van der Waals surface area contributed by atoms with Crippen LogP contribution in [0.5, 0.6) is 0 Å². The largest absolute Gasteiger partial charge is 0.384 e. The summed E-state index contributed by atoms with van der Waals surface area (Å²) in [7, 11) is 1.66. The van der Waals surface area contributed by atoms with Crippen LogP contribution in [0.1, 0.15) is 13.3 Å². The Bertz CT molecular complexity index is 512. The van der Waals surface area contributed by atoms with Gasteiger partial charge >= 0.3 is 6.03 Å². The van der Waals surface area contributed by atoms with E-state index in [-0.39, 0.29) is 16.5 Å². The van der Waals surface area contributed by atoms with E-state index in [1.165, 1.54) is 18.2 Å². The van der Waals surface area contributed by atoms with Crippen LogP contribution in [-0.4, -0.2) is 37.7 Å². The highest BCUT2D eigenvalue weighted by molar-refractivity contribution is 6.31. The lowest BCUT2D eigenvalue weighted by Gasteiger charge is -2.23. The number of benzene rings is 1. The molecule has 0 saturated carbocycles. The van der Waals surface area contributed by atoms with Gasteiger partial charge in [-0.15, -0.1) is 0 Å². The molecule has 4 nitrogen and oxygen atoms in total. The van der Waals surface area contributed by atoms with Crippen molar-refractivity contribution in [1.29, 1.82) is 0 Å². The predicted octanol–water partition coefficient (Wildman–Crippen LogP) is 3.37. The van der Waals surface area contributed by atoms with E-state index >= 15 is 0 Å². The maximum atomic E-state index is 13.1. The first-order valence-corrected chi connectivity index (χ1v) is 6.81. The van der Waals surface area contributed by atoms with Crippen LogP contribution in [0, 0.1) is 11.2 Å². The Morgan fingerprint density at radius 3 is 3.00 bits per heavy atom. The van der Waals surface area contributed by atoms with Gasteiger partial charge < -0.3 is 15.0 Å². The van der Waals surface area contributed by atoms with E-state index in [9.17, 15) is 9.18 Å². The molecule has 1 aromatic rings. The molecule has 0 aliphatic carbocycles. The van der Waals surface area contributed by atoms with Crippen molar-refractivity contribution in [3.05, 3.63) is 29.0 Å². The van der Waals surface area contributed by atoms with Crippen molar-refractivity contribution in [2.75, 3.05) is 32.1 Å². The van der Waals surface area contributed by atoms with Crippen molar-refractivity contribution in [1.82, 2.24) is 4.90 Å². The van der Waals surface area contributed by atoms with Gasteiger partial charge in [0.15, 0.2) is 0 Å². The SMILES string of the molecule is COCC1(C)CCN(C(=O)Nc2ccc(F)c(Cl)c2)C1. The fourth-order valence-corrected chi connectivity index (χ4v) is 2.62. The van der Waals surface area contributed by atoms with Crippen molar-refractivity contribution in [3.63, 3.8) is 0 Å². The molecule has 1 fully saturated rings. The van der Waals surface area contributed by atoms with Gasteiger partial charge in [-0.1, -0.05) is 18.5 Å². The van der Waals surface area contributed by atoms with Crippen LogP contribution in [0.4, 0.5) is 14.9 Å². The van der Waals surface area contributed by atoms with E-state index in [1.807, 2.05) is 0 Å². The number of hydrogen-bond donors (Lipinski definition) is 1. The molecule has 0 spiro atoms. The van der Waals surface area contributed by atoms with Crippen LogP contribution in [0.15, 0.2) is 18.2 Å². The van der Waals surface area contributed by atoms with E-state index in [2.05, 4.69) is 12.2 Å². The lowest BCUT2D eigenvalue weighted by molar-refractivity contribution is 0.0990. The van der Waals surface area contributed by atoms with Crippen LogP contribution in [-0.2, 0) is 4.74 Å². The number of nitrogens with zero attached hydrogens (tertiary/aromatic N) is 1. The Labute approximate surface area is 122 Å². The van der Waals surface area contributed by atoms with Crippen LogP contribution in [0.25, 0.3) is 0 Å². The third-order valence-corrected chi connectivity index (χ3v) is 3.80. The topological polar surface area (TPSA) is 41.6 Å². The monoisotopic (exact) mass is 300 g/mol. The summed E-state index contributed by atoms with van der Waals surface area (Å²) in [5, 5.41) is 2.72. The summed E-state index contributed by atoms with van der Waals surface area (Å²) in [5.74, 6) is -0.501.